The van der Waals surface area contributed by atoms with E-state index in [4.69, 9.17) is 4.74 Å². The molecular formula is C13H19NO4S. The monoisotopic (exact) mass is 285 g/mol. The van der Waals surface area contributed by atoms with E-state index >= 15 is 0 Å². The van der Waals surface area contributed by atoms with Crippen LogP contribution in [0.4, 0.5) is 0 Å². The number of rotatable bonds is 4. The fraction of sp³-hybridized carbons (Fsp3) is 0.538. The normalized spacial score (nSPS) is 20.9. The molecule has 2 rings (SSSR count). The molecule has 106 valence electrons. The molecule has 1 N–H and O–H groups in total. The molecule has 0 aromatic heterocycles. The molecule has 1 aliphatic rings. The van der Waals surface area contributed by atoms with Gasteiger partial charge in [-0.15, -0.1) is 0 Å². The molecule has 1 saturated heterocycles. The largest absolute Gasteiger partial charge is 0.497 e. The maximum Gasteiger partial charge on any atom is 0.152 e. The van der Waals surface area contributed by atoms with Crippen molar-refractivity contribution in [1.29, 1.82) is 0 Å². The average molecular weight is 285 g/mol. The fourth-order valence-electron chi connectivity index (χ4n) is 2.13. The van der Waals surface area contributed by atoms with E-state index in [1.165, 1.54) is 0 Å². The Balaban J connectivity index is 1.95. The second-order valence-electron chi connectivity index (χ2n) is 4.74. The van der Waals surface area contributed by atoms with E-state index in [1.807, 2.05) is 23.1 Å². The highest BCUT2D eigenvalue weighted by atomic mass is 32.2. The minimum Gasteiger partial charge on any atom is -0.497 e. The van der Waals surface area contributed by atoms with Crippen molar-refractivity contribution in [2.45, 2.75) is 6.10 Å². The lowest BCUT2D eigenvalue weighted by molar-refractivity contribution is 0.117. The third-order valence-corrected chi connectivity index (χ3v) is 4.96. The summed E-state index contributed by atoms with van der Waals surface area (Å²) in [5.74, 6) is 1.06. The molecule has 1 aliphatic heterocycles. The number of nitrogens with zero attached hydrogens (tertiary/aromatic N) is 1. The van der Waals surface area contributed by atoms with Gasteiger partial charge in [0.1, 0.15) is 5.75 Å². The molecule has 0 aliphatic carbocycles. The predicted molar refractivity (Wildman–Crippen MR) is 73.0 cm³/mol. The number of hydrogen-bond donors (Lipinski definition) is 1. The van der Waals surface area contributed by atoms with Crippen LogP contribution in [-0.4, -0.2) is 56.7 Å². The van der Waals surface area contributed by atoms with Crippen LogP contribution < -0.4 is 4.74 Å². The molecule has 0 amide bonds. The standard InChI is InChI=1S/C13H19NO4S/c1-18-12-4-2-3-11(9-12)13(15)10-14-5-7-19(16,17)8-6-14/h2-4,9,13,15H,5-8,10H2,1H3. The van der Waals surface area contributed by atoms with Crippen molar-refractivity contribution in [3.8, 4) is 5.75 Å². The Bertz CT molecular complexity index is 515. The maximum atomic E-state index is 11.3. The van der Waals surface area contributed by atoms with Gasteiger partial charge in [0.25, 0.3) is 0 Å². The quantitative estimate of drug-likeness (QED) is 0.870. The summed E-state index contributed by atoms with van der Waals surface area (Å²) in [6, 6.07) is 7.29. The predicted octanol–water partition coefficient (Wildman–Crippen LogP) is 0.459. The van der Waals surface area contributed by atoms with Crippen molar-refractivity contribution < 1.29 is 18.3 Å². The Morgan fingerprint density at radius 2 is 2.05 bits per heavy atom. The first-order chi connectivity index (χ1) is 9.00. The number of benzene rings is 1. The minimum absolute atomic E-state index is 0.178. The van der Waals surface area contributed by atoms with Gasteiger partial charge in [0.15, 0.2) is 9.84 Å². The Kier molecular flexibility index (Phi) is 4.44. The smallest absolute Gasteiger partial charge is 0.152 e. The summed E-state index contributed by atoms with van der Waals surface area (Å²) in [6.45, 7) is 1.43. The van der Waals surface area contributed by atoms with Crippen LogP contribution in [0.3, 0.4) is 0 Å². The van der Waals surface area contributed by atoms with E-state index in [0.29, 0.717) is 25.4 Å². The van der Waals surface area contributed by atoms with Gasteiger partial charge in [-0.25, -0.2) is 8.42 Å². The SMILES string of the molecule is COc1cccc(C(O)CN2CCS(=O)(=O)CC2)c1. The molecule has 1 unspecified atom stereocenters. The molecule has 0 bridgehead atoms. The molecule has 1 aromatic carbocycles. The molecule has 0 spiro atoms. The van der Waals surface area contributed by atoms with Crippen LogP contribution in [0.1, 0.15) is 11.7 Å². The molecule has 19 heavy (non-hydrogen) atoms. The zero-order valence-corrected chi connectivity index (χ0v) is 11.8. The van der Waals surface area contributed by atoms with Gasteiger partial charge in [0.2, 0.25) is 0 Å². The average Bonchev–Trinajstić information content (AvgIpc) is 2.41. The van der Waals surface area contributed by atoms with Crippen LogP contribution in [0.5, 0.6) is 5.75 Å². The summed E-state index contributed by atoms with van der Waals surface area (Å²) in [5.41, 5.74) is 0.785. The molecule has 0 radical (unpaired) electrons. The molecule has 1 aromatic rings. The number of ether oxygens (including phenoxy) is 1. The molecule has 1 fully saturated rings. The molecular weight excluding hydrogens is 266 g/mol. The first-order valence-electron chi connectivity index (χ1n) is 6.25. The number of aliphatic hydroxyl groups is 1. The summed E-state index contributed by atoms with van der Waals surface area (Å²) in [5, 5.41) is 10.2. The van der Waals surface area contributed by atoms with Crippen LogP contribution in [0, 0.1) is 0 Å². The topological polar surface area (TPSA) is 66.8 Å². The summed E-state index contributed by atoms with van der Waals surface area (Å²) in [4.78, 5) is 1.98. The number of methoxy groups -OCH3 is 1. The van der Waals surface area contributed by atoms with Gasteiger partial charge in [-0.1, -0.05) is 12.1 Å². The summed E-state index contributed by atoms with van der Waals surface area (Å²) < 4.78 is 27.8. The van der Waals surface area contributed by atoms with Crippen molar-refractivity contribution in [2.24, 2.45) is 0 Å². The van der Waals surface area contributed by atoms with Gasteiger partial charge in [0, 0.05) is 19.6 Å². The van der Waals surface area contributed by atoms with Crippen LogP contribution in [-0.2, 0) is 9.84 Å². The van der Waals surface area contributed by atoms with E-state index in [0.717, 1.165) is 5.56 Å². The molecule has 1 heterocycles. The second-order valence-corrected chi connectivity index (χ2v) is 7.05. The van der Waals surface area contributed by atoms with Crippen LogP contribution >= 0.6 is 0 Å². The third kappa shape index (κ3) is 3.92. The van der Waals surface area contributed by atoms with E-state index in [-0.39, 0.29) is 11.5 Å². The van der Waals surface area contributed by atoms with E-state index < -0.39 is 15.9 Å². The highest BCUT2D eigenvalue weighted by molar-refractivity contribution is 7.91. The van der Waals surface area contributed by atoms with Gasteiger partial charge >= 0.3 is 0 Å². The van der Waals surface area contributed by atoms with E-state index in [2.05, 4.69) is 0 Å². The lowest BCUT2D eigenvalue weighted by Crippen LogP contribution is -2.42. The number of aliphatic hydroxyl groups excluding tert-OH is 1. The van der Waals surface area contributed by atoms with E-state index in [9.17, 15) is 13.5 Å². The maximum absolute atomic E-state index is 11.3. The second kappa shape index (κ2) is 5.90. The lowest BCUT2D eigenvalue weighted by atomic mass is 10.1. The van der Waals surface area contributed by atoms with Crippen molar-refractivity contribution in [2.75, 3.05) is 38.2 Å². The summed E-state index contributed by atoms with van der Waals surface area (Å²) in [6.07, 6.45) is -0.629. The Hall–Kier alpha value is -1.11. The fourth-order valence-corrected chi connectivity index (χ4v) is 3.41. The van der Waals surface area contributed by atoms with Crippen molar-refractivity contribution in [3.63, 3.8) is 0 Å². The Morgan fingerprint density at radius 3 is 2.68 bits per heavy atom. The summed E-state index contributed by atoms with van der Waals surface area (Å²) in [7, 11) is -1.29. The first kappa shape index (κ1) is 14.3. The van der Waals surface area contributed by atoms with Crippen molar-refractivity contribution in [1.82, 2.24) is 4.90 Å². The van der Waals surface area contributed by atoms with Gasteiger partial charge < -0.3 is 9.84 Å². The van der Waals surface area contributed by atoms with Crippen molar-refractivity contribution in [3.05, 3.63) is 29.8 Å². The zero-order chi connectivity index (χ0) is 13.9. The number of sulfone groups is 1. The lowest BCUT2D eigenvalue weighted by Gasteiger charge is -2.28. The highest BCUT2D eigenvalue weighted by Crippen LogP contribution is 2.20. The molecule has 1 atom stereocenters. The van der Waals surface area contributed by atoms with Crippen molar-refractivity contribution >= 4 is 9.84 Å². The summed E-state index contributed by atoms with van der Waals surface area (Å²) >= 11 is 0. The third-order valence-electron chi connectivity index (χ3n) is 3.35. The molecule has 6 heteroatoms. The highest BCUT2D eigenvalue weighted by Gasteiger charge is 2.23. The van der Waals surface area contributed by atoms with Crippen LogP contribution in [0.25, 0.3) is 0 Å². The number of hydrogen-bond acceptors (Lipinski definition) is 5. The minimum atomic E-state index is -2.87. The zero-order valence-electron chi connectivity index (χ0n) is 10.9. The van der Waals surface area contributed by atoms with Gasteiger partial charge in [-0.3, -0.25) is 4.90 Å². The molecule has 5 nitrogen and oxygen atoms in total. The first-order valence-corrected chi connectivity index (χ1v) is 8.07. The Labute approximate surface area is 113 Å². The molecule has 0 saturated carbocycles. The van der Waals surface area contributed by atoms with Gasteiger partial charge in [-0.05, 0) is 17.7 Å². The number of β-amino-alcohol motifs (C(OH)–C–C–N with tert-alkyl or cyclic N) is 1. The Morgan fingerprint density at radius 1 is 1.37 bits per heavy atom. The van der Waals surface area contributed by atoms with Crippen LogP contribution in [0.15, 0.2) is 24.3 Å². The van der Waals surface area contributed by atoms with Gasteiger partial charge in [0.05, 0.1) is 24.7 Å². The van der Waals surface area contributed by atoms with Gasteiger partial charge in [-0.2, -0.15) is 0 Å². The van der Waals surface area contributed by atoms with E-state index in [1.54, 1.807) is 13.2 Å². The van der Waals surface area contributed by atoms with Crippen LogP contribution in [0.2, 0.25) is 0 Å².